The Bertz CT molecular complexity index is 785. The zero-order chi connectivity index (χ0) is 15.6. The molecule has 0 bridgehead atoms. The summed E-state index contributed by atoms with van der Waals surface area (Å²) in [7, 11) is -2.50. The molecule has 0 fully saturated rings. The van der Waals surface area contributed by atoms with E-state index in [0.717, 1.165) is 11.3 Å². The summed E-state index contributed by atoms with van der Waals surface area (Å²) in [5.74, 6) is -0.244. The third-order valence-corrected chi connectivity index (χ3v) is 4.09. The quantitative estimate of drug-likeness (QED) is 0.753. The van der Waals surface area contributed by atoms with Crippen LogP contribution in [0.1, 0.15) is 10.5 Å². The van der Waals surface area contributed by atoms with E-state index in [-0.39, 0.29) is 21.4 Å². The van der Waals surface area contributed by atoms with Gasteiger partial charge in [0.2, 0.25) is 10.0 Å². The molecule has 0 unspecified atom stereocenters. The lowest BCUT2D eigenvalue weighted by Gasteiger charge is -2.10. The molecule has 0 aliphatic heterocycles. The van der Waals surface area contributed by atoms with E-state index in [1.54, 1.807) is 0 Å². The Labute approximate surface area is 124 Å². The molecule has 2 aromatic rings. The summed E-state index contributed by atoms with van der Waals surface area (Å²) < 4.78 is 27.7. The summed E-state index contributed by atoms with van der Waals surface area (Å²) in [5, 5.41) is 9.30. The molecular formula is C11H12N4O4S2. The number of nitrogen functional groups attached to an aromatic ring is 1. The van der Waals surface area contributed by atoms with E-state index in [1.165, 1.54) is 30.7 Å². The van der Waals surface area contributed by atoms with Gasteiger partial charge in [0.05, 0.1) is 17.7 Å². The number of amides is 1. The van der Waals surface area contributed by atoms with Gasteiger partial charge < -0.3 is 15.8 Å². The molecule has 21 heavy (non-hydrogen) atoms. The first-order valence-electron chi connectivity index (χ1n) is 5.54. The van der Waals surface area contributed by atoms with E-state index in [2.05, 4.69) is 10.3 Å². The van der Waals surface area contributed by atoms with E-state index >= 15 is 0 Å². The molecular weight excluding hydrogens is 316 g/mol. The van der Waals surface area contributed by atoms with Crippen LogP contribution >= 0.6 is 11.3 Å². The molecule has 0 aliphatic rings. The van der Waals surface area contributed by atoms with Gasteiger partial charge in [-0.25, -0.2) is 18.5 Å². The van der Waals surface area contributed by atoms with Crippen LogP contribution in [0.25, 0.3) is 0 Å². The highest BCUT2D eigenvalue weighted by Gasteiger charge is 2.16. The molecule has 1 amide bonds. The van der Waals surface area contributed by atoms with E-state index in [0.29, 0.717) is 5.75 Å². The number of hydrogen-bond acceptors (Lipinski definition) is 7. The standard InChI is InChI=1S/C11H12N4O4S2/c1-19-9-3-2-6(21(13,17)18)4-7(9)14-10(16)8-5-20-11(12)15-8/h2-5H,1H3,(H2,12,15)(H,14,16)(H2,13,17,18). The Balaban J connectivity index is 2.36. The van der Waals surface area contributed by atoms with E-state index in [1.807, 2.05) is 0 Å². The topological polar surface area (TPSA) is 137 Å². The van der Waals surface area contributed by atoms with Crippen LogP contribution < -0.4 is 20.9 Å². The first-order chi connectivity index (χ1) is 9.81. The van der Waals surface area contributed by atoms with Crippen LogP contribution in [-0.2, 0) is 10.0 Å². The Hall–Kier alpha value is -2.17. The average Bonchev–Trinajstić information content (AvgIpc) is 2.84. The first kappa shape index (κ1) is 15.2. The summed E-state index contributed by atoms with van der Waals surface area (Å²) >= 11 is 1.12. The van der Waals surface area contributed by atoms with Crippen molar-refractivity contribution in [2.75, 3.05) is 18.2 Å². The van der Waals surface area contributed by atoms with Crippen molar-refractivity contribution >= 4 is 38.1 Å². The van der Waals surface area contributed by atoms with Crippen molar-refractivity contribution in [3.05, 3.63) is 29.3 Å². The number of ether oxygens (including phenoxy) is 1. The lowest BCUT2D eigenvalue weighted by atomic mass is 10.3. The van der Waals surface area contributed by atoms with Crippen molar-refractivity contribution in [2.24, 2.45) is 5.14 Å². The predicted molar refractivity (Wildman–Crippen MR) is 78.8 cm³/mol. The highest BCUT2D eigenvalue weighted by molar-refractivity contribution is 7.89. The van der Waals surface area contributed by atoms with Gasteiger partial charge >= 0.3 is 0 Å². The minimum absolute atomic E-state index is 0.126. The Morgan fingerprint density at radius 2 is 2.14 bits per heavy atom. The van der Waals surface area contributed by atoms with Gasteiger partial charge in [-0.3, -0.25) is 4.79 Å². The highest BCUT2D eigenvalue weighted by atomic mass is 32.2. The van der Waals surface area contributed by atoms with Crippen LogP contribution in [0.2, 0.25) is 0 Å². The molecule has 0 aliphatic carbocycles. The zero-order valence-electron chi connectivity index (χ0n) is 10.9. The van der Waals surface area contributed by atoms with Crippen molar-refractivity contribution < 1.29 is 17.9 Å². The normalized spacial score (nSPS) is 11.1. The highest BCUT2D eigenvalue weighted by Crippen LogP contribution is 2.27. The van der Waals surface area contributed by atoms with Gasteiger partial charge in [0.25, 0.3) is 5.91 Å². The molecule has 2 rings (SSSR count). The van der Waals surface area contributed by atoms with E-state index in [9.17, 15) is 13.2 Å². The minimum Gasteiger partial charge on any atom is -0.495 e. The lowest BCUT2D eigenvalue weighted by molar-refractivity contribution is 0.102. The first-order valence-corrected chi connectivity index (χ1v) is 7.97. The number of benzene rings is 1. The van der Waals surface area contributed by atoms with Gasteiger partial charge in [0, 0.05) is 5.38 Å². The van der Waals surface area contributed by atoms with Crippen molar-refractivity contribution in [1.82, 2.24) is 4.98 Å². The number of thiazole rings is 1. The molecule has 0 saturated heterocycles. The van der Waals surface area contributed by atoms with Crippen LogP contribution in [0.5, 0.6) is 5.75 Å². The second-order valence-corrected chi connectivity index (χ2v) is 6.38. The molecule has 0 saturated carbocycles. The third kappa shape index (κ3) is 3.48. The zero-order valence-corrected chi connectivity index (χ0v) is 12.5. The Kier molecular flexibility index (Phi) is 4.11. The maximum atomic E-state index is 12.0. The number of sulfonamides is 1. The SMILES string of the molecule is COc1ccc(S(N)(=O)=O)cc1NC(=O)c1csc(N)n1. The number of nitrogens with one attached hydrogen (secondary N) is 1. The molecule has 5 N–H and O–H groups in total. The van der Waals surface area contributed by atoms with Gasteiger partial charge in [-0.05, 0) is 18.2 Å². The molecule has 1 heterocycles. The number of anilines is 2. The second kappa shape index (κ2) is 5.68. The van der Waals surface area contributed by atoms with E-state index < -0.39 is 15.9 Å². The van der Waals surface area contributed by atoms with Crippen molar-refractivity contribution in [2.45, 2.75) is 4.90 Å². The van der Waals surface area contributed by atoms with Crippen LogP contribution in [-0.4, -0.2) is 26.4 Å². The Morgan fingerprint density at radius 1 is 1.43 bits per heavy atom. The number of methoxy groups -OCH3 is 1. The van der Waals surface area contributed by atoms with E-state index in [4.69, 9.17) is 15.6 Å². The summed E-state index contributed by atoms with van der Waals surface area (Å²) in [5.41, 5.74) is 5.75. The molecule has 1 aromatic heterocycles. The molecule has 0 radical (unpaired) electrons. The number of carbonyl (C=O) groups is 1. The number of nitrogens with zero attached hydrogens (tertiary/aromatic N) is 1. The largest absolute Gasteiger partial charge is 0.495 e. The fraction of sp³-hybridized carbons (Fsp3) is 0.0909. The Morgan fingerprint density at radius 3 is 2.67 bits per heavy atom. The number of nitrogens with two attached hydrogens (primary N) is 2. The van der Waals surface area contributed by atoms with Crippen LogP contribution in [0, 0.1) is 0 Å². The summed E-state index contributed by atoms with van der Waals surface area (Å²) in [6, 6.07) is 3.89. The van der Waals surface area contributed by atoms with Gasteiger partial charge in [-0.1, -0.05) is 0 Å². The fourth-order valence-electron chi connectivity index (χ4n) is 1.54. The van der Waals surface area contributed by atoms with Crippen LogP contribution in [0.4, 0.5) is 10.8 Å². The molecule has 1 aromatic carbocycles. The molecule has 8 nitrogen and oxygen atoms in total. The number of primary sulfonamides is 1. The smallest absolute Gasteiger partial charge is 0.275 e. The monoisotopic (exact) mass is 328 g/mol. The van der Waals surface area contributed by atoms with Crippen molar-refractivity contribution in [3.8, 4) is 5.75 Å². The number of aromatic nitrogens is 1. The third-order valence-electron chi connectivity index (χ3n) is 2.50. The van der Waals surface area contributed by atoms with Gasteiger partial charge in [-0.2, -0.15) is 0 Å². The summed E-state index contributed by atoms with van der Waals surface area (Å²) in [6.45, 7) is 0. The van der Waals surface area contributed by atoms with Crippen molar-refractivity contribution in [1.29, 1.82) is 0 Å². The molecule has 0 atom stereocenters. The molecule has 10 heteroatoms. The number of hydrogen-bond donors (Lipinski definition) is 3. The minimum atomic E-state index is -3.89. The molecule has 112 valence electrons. The maximum absolute atomic E-state index is 12.0. The van der Waals surface area contributed by atoms with Gasteiger partial charge in [0.1, 0.15) is 11.4 Å². The second-order valence-electron chi connectivity index (χ2n) is 3.93. The van der Waals surface area contributed by atoms with Gasteiger partial charge in [0.15, 0.2) is 5.13 Å². The maximum Gasteiger partial charge on any atom is 0.275 e. The average molecular weight is 328 g/mol. The molecule has 0 spiro atoms. The predicted octanol–water partition coefficient (Wildman–Crippen LogP) is 0.634. The van der Waals surface area contributed by atoms with Gasteiger partial charge in [-0.15, -0.1) is 11.3 Å². The number of rotatable bonds is 4. The number of carbonyl (C=O) groups excluding carboxylic acids is 1. The lowest BCUT2D eigenvalue weighted by Crippen LogP contribution is -2.16. The fourth-order valence-corrected chi connectivity index (χ4v) is 2.62. The van der Waals surface area contributed by atoms with Crippen LogP contribution in [0.15, 0.2) is 28.5 Å². The van der Waals surface area contributed by atoms with Crippen LogP contribution in [0.3, 0.4) is 0 Å². The summed E-state index contributed by atoms with van der Waals surface area (Å²) in [6.07, 6.45) is 0. The van der Waals surface area contributed by atoms with Crippen molar-refractivity contribution in [3.63, 3.8) is 0 Å². The summed E-state index contributed by atoms with van der Waals surface area (Å²) in [4.78, 5) is 15.7.